The molecule has 0 atom stereocenters. The summed E-state index contributed by atoms with van der Waals surface area (Å²) in [6, 6.07) is 14.6. The third-order valence-electron chi connectivity index (χ3n) is 4.53. The molecule has 0 spiro atoms. The summed E-state index contributed by atoms with van der Waals surface area (Å²) in [5.74, 6) is 1.32. The van der Waals surface area contributed by atoms with E-state index in [1.807, 2.05) is 42.6 Å². The van der Waals surface area contributed by atoms with E-state index in [9.17, 15) is 8.42 Å². The fourth-order valence-corrected chi connectivity index (χ4v) is 4.99. The molecule has 0 saturated carbocycles. The van der Waals surface area contributed by atoms with Crippen molar-refractivity contribution in [2.75, 3.05) is 13.7 Å². The molecule has 2 aromatic carbocycles. The van der Waals surface area contributed by atoms with Crippen molar-refractivity contribution in [3.63, 3.8) is 0 Å². The highest BCUT2D eigenvalue weighted by atomic mass is 32.2. The lowest BCUT2D eigenvalue weighted by atomic mass is 10.2. The van der Waals surface area contributed by atoms with Gasteiger partial charge in [-0.15, -0.1) is 16.4 Å². The van der Waals surface area contributed by atoms with Crippen LogP contribution in [0.3, 0.4) is 0 Å². The summed E-state index contributed by atoms with van der Waals surface area (Å²) < 4.78 is 34.8. The van der Waals surface area contributed by atoms with Crippen LogP contribution in [0.5, 0.6) is 5.75 Å². The first-order valence-corrected chi connectivity index (χ1v) is 11.4. The lowest BCUT2D eigenvalue weighted by Crippen LogP contribution is -2.26. The van der Waals surface area contributed by atoms with Crippen molar-refractivity contribution in [2.45, 2.75) is 18.2 Å². The summed E-state index contributed by atoms with van der Waals surface area (Å²) >= 11 is 1.49. The van der Waals surface area contributed by atoms with Gasteiger partial charge < -0.3 is 4.74 Å². The molecule has 29 heavy (non-hydrogen) atoms. The number of aromatic nitrogens is 3. The number of aryl methyl sites for hydroxylation is 1. The van der Waals surface area contributed by atoms with Gasteiger partial charge in [0, 0.05) is 23.9 Å². The monoisotopic (exact) mass is 428 g/mol. The average Bonchev–Trinajstić information content (AvgIpc) is 3.30. The fraction of sp³-hybridized carbons (Fsp3) is 0.200. The molecular formula is C20H20N4O3S2. The van der Waals surface area contributed by atoms with Crippen LogP contribution in [0.2, 0.25) is 0 Å². The maximum absolute atomic E-state index is 12.6. The van der Waals surface area contributed by atoms with Gasteiger partial charge in [-0.3, -0.25) is 0 Å². The molecule has 0 radical (unpaired) electrons. The largest absolute Gasteiger partial charge is 0.496 e. The van der Waals surface area contributed by atoms with Crippen LogP contribution in [-0.4, -0.2) is 36.7 Å². The second kappa shape index (κ2) is 7.94. The van der Waals surface area contributed by atoms with E-state index in [1.54, 1.807) is 29.8 Å². The Bertz CT molecular complexity index is 1250. The topological polar surface area (TPSA) is 85.6 Å². The number of nitrogens with one attached hydrogen (secondary N) is 1. The van der Waals surface area contributed by atoms with Crippen molar-refractivity contribution in [1.82, 2.24) is 19.3 Å². The van der Waals surface area contributed by atoms with Gasteiger partial charge in [0.25, 0.3) is 0 Å². The van der Waals surface area contributed by atoms with E-state index < -0.39 is 10.0 Å². The zero-order chi connectivity index (χ0) is 20.4. The van der Waals surface area contributed by atoms with Gasteiger partial charge in [-0.05, 0) is 30.7 Å². The summed E-state index contributed by atoms with van der Waals surface area (Å²) in [5.41, 5.74) is 2.63. The molecule has 0 bridgehead atoms. The molecule has 2 aromatic heterocycles. The molecule has 0 unspecified atom stereocenters. The van der Waals surface area contributed by atoms with E-state index in [0.29, 0.717) is 18.0 Å². The van der Waals surface area contributed by atoms with E-state index in [0.717, 1.165) is 21.8 Å². The molecule has 4 rings (SSSR count). The van der Waals surface area contributed by atoms with Gasteiger partial charge in [0.05, 0.1) is 17.7 Å². The van der Waals surface area contributed by atoms with Crippen molar-refractivity contribution in [3.8, 4) is 17.1 Å². The number of sulfonamides is 1. The third-order valence-corrected chi connectivity index (χ3v) is 6.86. The smallest absolute Gasteiger partial charge is 0.240 e. The molecule has 7 nitrogen and oxygen atoms in total. The zero-order valence-electron chi connectivity index (χ0n) is 16.0. The molecular weight excluding hydrogens is 408 g/mol. The fourth-order valence-electron chi connectivity index (χ4n) is 3.02. The number of rotatable bonds is 7. The van der Waals surface area contributed by atoms with Gasteiger partial charge in [-0.25, -0.2) is 17.7 Å². The number of fused-ring (bicyclic) bond motifs is 1. The zero-order valence-corrected chi connectivity index (χ0v) is 17.6. The Kier molecular flexibility index (Phi) is 5.35. The summed E-state index contributed by atoms with van der Waals surface area (Å²) in [6.45, 7) is 2.08. The predicted octanol–water partition coefficient (Wildman–Crippen LogP) is 3.30. The maximum atomic E-state index is 12.6. The van der Waals surface area contributed by atoms with Gasteiger partial charge in [-0.2, -0.15) is 4.98 Å². The summed E-state index contributed by atoms with van der Waals surface area (Å²) in [5, 5.41) is 6.53. The minimum atomic E-state index is -3.60. The maximum Gasteiger partial charge on any atom is 0.240 e. The lowest BCUT2D eigenvalue weighted by molar-refractivity contribution is 0.411. The van der Waals surface area contributed by atoms with Crippen molar-refractivity contribution < 1.29 is 13.2 Å². The normalized spacial score (nSPS) is 11.8. The first-order valence-electron chi connectivity index (χ1n) is 9.01. The van der Waals surface area contributed by atoms with Gasteiger partial charge >= 0.3 is 0 Å². The molecule has 0 aliphatic heterocycles. The van der Waals surface area contributed by atoms with Gasteiger partial charge in [0.1, 0.15) is 5.75 Å². The molecule has 9 heteroatoms. The number of hydrogen-bond donors (Lipinski definition) is 1. The minimum Gasteiger partial charge on any atom is -0.496 e. The Morgan fingerprint density at radius 3 is 2.69 bits per heavy atom. The van der Waals surface area contributed by atoms with E-state index in [-0.39, 0.29) is 11.4 Å². The van der Waals surface area contributed by atoms with Crippen molar-refractivity contribution in [2.24, 2.45) is 0 Å². The molecule has 0 amide bonds. The van der Waals surface area contributed by atoms with Crippen LogP contribution in [0, 0.1) is 6.92 Å². The average molecular weight is 429 g/mol. The molecule has 1 N–H and O–H groups in total. The quantitative estimate of drug-likeness (QED) is 0.488. The first-order chi connectivity index (χ1) is 14.0. The molecule has 2 heterocycles. The Morgan fingerprint density at radius 2 is 1.97 bits per heavy atom. The van der Waals surface area contributed by atoms with Gasteiger partial charge in [0.2, 0.25) is 15.0 Å². The summed E-state index contributed by atoms with van der Waals surface area (Å²) in [4.78, 5) is 5.56. The first kappa shape index (κ1) is 19.6. The Labute approximate surface area is 173 Å². The van der Waals surface area contributed by atoms with E-state index in [1.165, 1.54) is 11.3 Å². The minimum absolute atomic E-state index is 0.221. The highest BCUT2D eigenvalue weighted by Gasteiger charge is 2.16. The molecule has 0 aliphatic rings. The number of ether oxygens (including phenoxy) is 1. The van der Waals surface area contributed by atoms with Gasteiger partial charge in [0.15, 0.2) is 5.82 Å². The molecule has 4 aromatic rings. The molecule has 0 aliphatic carbocycles. The van der Waals surface area contributed by atoms with Crippen LogP contribution in [0.4, 0.5) is 0 Å². The van der Waals surface area contributed by atoms with Crippen molar-refractivity contribution in [3.05, 3.63) is 65.2 Å². The van der Waals surface area contributed by atoms with Crippen LogP contribution in [-0.2, 0) is 16.4 Å². The van der Waals surface area contributed by atoms with E-state index in [4.69, 9.17) is 4.74 Å². The molecule has 0 fully saturated rings. The summed E-state index contributed by atoms with van der Waals surface area (Å²) in [6.07, 6.45) is 0.506. The van der Waals surface area contributed by atoms with Crippen LogP contribution in [0.25, 0.3) is 16.3 Å². The Balaban J connectivity index is 1.47. The number of benzene rings is 2. The number of hydrogen-bond acceptors (Lipinski definition) is 6. The Hall–Kier alpha value is -2.75. The van der Waals surface area contributed by atoms with Crippen LogP contribution >= 0.6 is 11.3 Å². The lowest BCUT2D eigenvalue weighted by Gasteiger charge is -2.09. The standard InChI is InChI=1S/C20H20N4O3S2/c1-14-12-17(8-9-18(14)27-2)29(25,26)21-11-10-16-13-28-20-22-19(23-24(16)20)15-6-4-3-5-7-15/h3-9,12-13,21H,10-11H2,1-2H3. The molecule has 0 saturated heterocycles. The second-order valence-corrected chi connectivity index (χ2v) is 9.11. The van der Waals surface area contributed by atoms with E-state index >= 15 is 0 Å². The molecule has 150 valence electrons. The third kappa shape index (κ3) is 4.02. The van der Waals surface area contributed by atoms with Gasteiger partial charge in [-0.1, -0.05) is 30.3 Å². The summed E-state index contributed by atoms with van der Waals surface area (Å²) in [7, 11) is -2.04. The number of methoxy groups -OCH3 is 1. The predicted molar refractivity (Wildman–Crippen MR) is 113 cm³/mol. The SMILES string of the molecule is COc1ccc(S(=O)(=O)NCCc2csc3nc(-c4ccccc4)nn23)cc1C. The van der Waals surface area contributed by atoms with Crippen LogP contribution < -0.4 is 9.46 Å². The number of thiazole rings is 1. The van der Waals surface area contributed by atoms with Crippen LogP contribution in [0.1, 0.15) is 11.3 Å². The van der Waals surface area contributed by atoms with Crippen molar-refractivity contribution >= 4 is 26.3 Å². The van der Waals surface area contributed by atoms with Crippen LogP contribution in [0.15, 0.2) is 58.8 Å². The highest BCUT2D eigenvalue weighted by molar-refractivity contribution is 7.89. The Morgan fingerprint density at radius 1 is 1.17 bits per heavy atom. The van der Waals surface area contributed by atoms with E-state index in [2.05, 4.69) is 14.8 Å². The highest BCUT2D eigenvalue weighted by Crippen LogP contribution is 2.22. The second-order valence-electron chi connectivity index (χ2n) is 6.50. The number of nitrogens with zero attached hydrogens (tertiary/aromatic N) is 3. The van der Waals surface area contributed by atoms with Crippen molar-refractivity contribution in [1.29, 1.82) is 0 Å².